The molecule has 0 unspecified atom stereocenters. The molecular formula is C15H14BrN3O2S2. The van der Waals surface area contributed by atoms with Gasteiger partial charge in [-0.15, -0.1) is 21.5 Å². The number of ether oxygens (including phenoxy) is 1. The Labute approximate surface area is 150 Å². The Hall–Kier alpha value is -1.38. The van der Waals surface area contributed by atoms with Crippen molar-refractivity contribution in [2.45, 2.75) is 19.1 Å². The average molecular weight is 412 g/mol. The van der Waals surface area contributed by atoms with Crippen LogP contribution < -0.4 is 4.74 Å². The fourth-order valence-corrected chi connectivity index (χ4v) is 3.73. The molecule has 0 saturated heterocycles. The number of hydrogen-bond acceptors (Lipinski definition) is 7. The zero-order valence-electron chi connectivity index (χ0n) is 12.6. The summed E-state index contributed by atoms with van der Waals surface area (Å²) in [5.41, 5.74) is 0.922. The summed E-state index contributed by atoms with van der Waals surface area (Å²) in [6.45, 7) is 4.48. The summed E-state index contributed by atoms with van der Waals surface area (Å²) < 4.78 is 12.4. The molecule has 0 radical (unpaired) electrons. The molecule has 0 aliphatic carbocycles. The molecule has 5 nitrogen and oxygen atoms in total. The van der Waals surface area contributed by atoms with E-state index in [4.69, 9.17) is 9.15 Å². The number of thiazole rings is 1. The standard InChI is InChI=1S/C15H14BrN3O2S2/c1-9-13(23-10(2)17-9)14-18-19-15(21-14)22-7-6-20-12-5-3-4-11(16)8-12/h3-5,8H,6-7H2,1-2H3. The topological polar surface area (TPSA) is 61.0 Å². The van der Waals surface area contributed by atoms with Crippen molar-refractivity contribution in [1.82, 2.24) is 15.2 Å². The van der Waals surface area contributed by atoms with Gasteiger partial charge in [0.25, 0.3) is 11.1 Å². The van der Waals surface area contributed by atoms with Gasteiger partial charge in [-0.1, -0.05) is 33.8 Å². The molecular weight excluding hydrogens is 398 g/mol. The van der Waals surface area contributed by atoms with Crippen LogP contribution in [0.3, 0.4) is 0 Å². The average Bonchev–Trinajstić information content (AvgIpc) is 3.10. The van der Waals surface area contributed by atoms with Gasteiger partial charge in [-0.25, -0.2) is 4.98 Å². The summed E-state index contributed by atoms with van der Waals surface area (Å²) >= 11 is 6.46. The summed E-state index contributed by atoms with van der Waals surface area (Å²) in [4.78, 5) is 5.31. The predicted octanol–water partition coefficient (Wildman–Crippen LogP) is 4.74. The van der Waals surface area contributed by atoms with E-state index in [9.17, 15) is 0 Å². The fraction of sp³-hybridized carbons (Fsp3) is 0.267. The zero-order chi connectivity index (χ0) is 16.2. The summed E-state index contributed by atoms with van der Waals surface area (Å²) in [7, 11) is 0. The highest BCUT2D eigenvalue weighted by Crippen LogP contribution is 2.30. The van der Waals surface area contributed by atoms with Crippen LogP contribution in [0.15, 0.2) is 38.4 Å². The Kier molecular flexibility index (Phi) is 5.34. The second-order valence-corrected chi connectivity index (χ2v) is 7.84. The summed E-state index contributed by atoms with van der Waals surface area (Å²) in [6.07, 6.45) is 0. The van der Waals surface area contributed by atoms with Crippen molar-refractivity contribution >= 4 is 39.0 Å². The molecule has 0 atom stereocenters. The highest BCUT2D eigenvalue weighted by molar-refractivity contribution is 9.10. The lowest BCUT2D eigenvalue weighted by atomic mass is 10.3. The van der Waals surface area contributed by atoms with Crippen LogP contribution in [0, 0.1) is 13.8 Å². The Morgan fingerprint density at radius 3 is 2.91 bits per heavy atom. The van der Waals surface area contributed by atoms with E-state index in [1.165, 1.54) is 11.8 Å². The summed E-state index contributed by atoms with van der Waals surface area (Å²) in [6, 6.07) is 7.76. The molecule has 1 aromatic carbocycles. The number of hydrogen-bond donors (Lipinski definition) is 0. The fourth-order valence-electron chi connectivity index (χ4n) is 1.93. The van der Waals surface area contributed by atoms with Crippen LogP contribution in [0.1, 0.15) is 10.7 Å². The third-order valence-corrected chi connectivity index (χ3v) is 5.21. The highest BCUT2D eigenvalue weighted by Gasteiger charge is 2.15. The van der Waals surface area contributed by atoms with Crippen molar-refractivity contribution < 1.29 is 9.15 Å². The summed E-state index contributed by atoms with van der Waals surface area (Å²) in [5, 5.41) is 9.70. The molecule has 0 fully saturated rings. The molecule has 0 spiro atoms. The van der Waals surface area contributed by atoms with Crippen molar-refractivity contribution in [3.05, 3.63) is 39.4 Å². The molecule has 0 amide bonds. The van der Waals surface area contributed by atoms with Gasteiger partial charge in [-0.3, -0.25) is 0 Å². The Bertz CT molecular complexity index is 804. The largest absolute Gasteiger partial charge is 0.493 e. The number of benzene rings is 1. The minimum absolute atomic E-state index is 0.531. The van der Waals surface area contributed by atoms with E-state index in [-0.39, 0.29) is 0 Å². The molecule has 8 heteroatoms. The first kappa shape index (κ1) is 16.5. The number of aryl methyl sites for hydroxylation is 2. The molecule has 0 aliphatic rings. The van der Waals surface area contributed by atoms with E-state index in [1.807, 2.05) is 38.1 Å². The third kappa shape index (κ3) is 4.33. The van der Waals surface area contributed by atoms with Crippen molar-refractivity contribution in [2.24, 2.45) is 0 Å². The van der Waals surface area contributed by atoms with Gasteiger partial charge in [0.15, 0.2) is 0 Å². The molecule has 3 aromatic rings. The smallest absolute Gasteiger partial charge is 0.277 e. The Balaban J connectivity index is 1.52. The third-order valence-electron chi connectivity index (χ3n) is 2.88. The SMILES string of the molecule is Cc1nc(C)c(-c2nnc(SCCOc3cccc(Br)c3)o2)s1. The minimum Gasteiger partial charge on any atom is -0.493 e. The Morgan fingerprint density at radius 2 is 2.17 bits per heavy atom. The van der Waals surface area contributed by atoms with E-state index in [1.54, 1.807) is 11.3 Å². The molecule has 120 valence electrons. The molecule has 0 aliphatic heterocycles. The first-order valence-electron chi connectivity index (χ1n) is 6.91. The van der Waals surface area contributed by atoms with E-state index < -0.39 is 0 Å². The van der Waals surface area contributed by atoms with Crippen LogP contribution in [0.5, 0.6) is 5.75 Å². The number of thioether (sulfide) groups is 1. The van der Waals surface area contributed by atoms with Crippen LogP contribution in [-0.2, 0) is 0 Å². The minimum atomic E-state index is 0.531. The number of rotatable bonds is 6. The van der Waals surface area contributed by atoms with Crippen LogP contribution >= 0.6 is 39.0 Å². The maximum Gasteiger partial charge on any atom is 0.277 e. The lowest BCUT2D eigenvalue weighted by molar-refractivity contribution is 0.343. The first-order valence-corrected chi connectivity index (χ1v) is 9.50. The molecule has 23 heavy (non-hydrogen) atoms. The van der Waals surface area contributed by atoms with Gasteiger partial charge in [-0.05, 0) is 32.0 Å². The van der Waals surface area contributed by atoms with Crippen LogP contribution in [0.2, 0.25) is 0 Å². The van der Waals surface area contributed by atoms with Gasteiger partial charge in [0.05, 0.1) is 17.3 Å². The monoisotopic (exact) mass is 411 g/mol. The van der Waals surface area contributed by atoms with Crippen molar-refractivity contribution in [3.8, 4) is 16.5 Å². The van der Waals surface area contributed by atoms with Crippen LogP contribution in [0.25, 0.3) is 10.8 Å². The number of aromatic nitrogens is 3. The maximum atomic E-state index is 5.68. The molecule has 0 N–H and O–H groups in total. The molecule has 0 saturated carbocycles. The van der Waals surface area contributed by atoms with Crippen LogP contribution in [0.4, 0.5) is 0 Å². The molecule has 2 heterocycles. The molecule has 0 bridgehead atoms. The van der Waals surface area contributed by atoms with Gasteiger partial charge in [0, 0.05) is 10.2 Å². The number of halogens is 1. The van der Waals surface area contributed by atoms with E-state index >= 15 is 0 Å². The highest BCUT2D eigenvalue weighted by atomic mass is 79.9. The predicted molar refractivity (Wildman–Crippen MR) is 95.2 cm³/mol. The lowest BCUT2D eigenvalue weighted by Gasteiger charge is -2.04. The van der Waals surface area contributed by atoms with Gasteiger partial charge in [0.2, 0.25) is 0 Å². The van der Waals surface area contributed by atoms with Crippen molar-refractivity contribution in [3.63, 3.8) is 0 Å². The van der Waals surface area contributed by atoms with Gasteiger partial charge in [-0.2, -0.15) is 0 Å². The van der Waals surface area contributed by atoms with Gasteiger partial charge < -0.3 is 9.15 Å². The lowest BCUT2D eigenvalue weighted by Crippen LogP contribution is -1.99. The Morgan fingerprint density at radius 1 is 1.30 bits per heavy atom. The second kappa shape index (κ2) is 7.46. The maximum absolute atomic E-state index is 5.68. The normalized spacial score (nSPS) is 10.9. The van der Waals surface area contributed by atoms with Crippen LogP contribution in [-0.4, -0.2) is 27.5 Å². The quantitative estimate of drug-likeness (QED) is 0.430. The molecule has 2 aromatic heterocycles. The van der Waals surface area contributed by atoms with E-state index in [2.05, 4.69) is 31.1 Å². The number of nitrogens with zero attached hydrogens (tertiary/aromatic N) is 3. The molecule has 3 rings (SSSR count). The summed E-state index contributed by atoms with van der Waals surface area (Å²) in [5.74, 6) is 2.10. The first-order chi connectivity index (χ1) is 11.1. The van der Waals surface area contributed by atoms with Crippen molar-refractivity contribution in [2.75, 3.05) is 12.4 Å². The van der Waals surface area contributed by atoms with Crippen molar-refractivity contribution in [1.29, 1.82) is 0 Å². The second-order valence-electron chi connectivity index (χ2n) is 4.67. The van der Waals surface area contributed by atoms with E-state index in [0.29, 0.717) is 17.7 Å². The van der Waals surface area contributed by atoms with E-state index in [0.717, 1.165) is 31.6 Å². The zero-order valence-corrected chi connectivity index (χ0v) is 15.8. The van der Waals surface area contributed by atoms with Gasteiger partial charge >= 0.3 is 0 Å². The van der Waals surface area contributed by atoms with Gasteiger partial charge in [0.1, 0.15) is 10.6 Å².